The summed E-state index contributed by atoms with van der Waals surface area (Å²) in [6.45, 7) is 4.28. The minimum Gasteiger partial charge on any atom is -0.504 e. The molecule has 184 valence electrons. The smallest absolute Gasteiger partial charge is 0.449 e. The maximum absolute atomic E-state index is 12.7. The summed E-state index contributed by atoms with van der Waals surface area (Å²) >= 11 is 12.3. The molecule has 35 heavy (non-hydrogen) atoms. The molecule has 0 aliphatic rings. The van der Waals surface area contributed by atoms with Crippen LogP contribution < -0.4 is 16.4 Å². The van der Waals surface area contributed by atoms with Crippen LogP contribution in [0.5, 0.6) is 0 Å². The maximum Gasteiger partial charge on any atom is 0.449 e. The van der Waals surface area contributed by atoms with E-state index in [0.29, 0.717) is 39.4 Å². The quantitative estimate of drug-likeness (QED) is 0.0910. The highest BCUT2D eigenvalue weighted by molar-refractivity contribution is 6.36. The molecule has 2 heterocycles. The molecule has 9 nitrogen and oxygen atoms in total. The van der Waals surface area contributed by atoms with Gasteiger partial charge in [0.25, 0.3) is 0 Å². The Hall–Kier alpha value is -3.77. The van der Waals surface area contributed by atoms with Gasteiger partial charge < -0.3 is 21.5 Å². The Morgan fingerprint density at radius 3 is 2.63 bits per heavy atom. The van der Waals surface area contributed by atoms with Gasteiger partial charge in [-0.05, 0) is 30.4 Å². The van der Waals surface area contributed by atoms with Gasteiger partial charge in [-0.1, -0.05) is 29.8 Å². The number of hydrogen-bond donors (Lipinski definition) is 5. The molecule has 14 heteroatoms. The molecule has 0 fully saturated rings. The summed E-state index contributed by atoms with van der Waals surface area (Å²) in [5, 5.41) is 27.5. The molecule has 0 bridgehead atoms. The summed E-state index contributed by atoms with van der Waals surface area (Å²) in [7, 11) is 0. The lowest BCUT2D eigenvalue weighted by atomic mass is 10.1. The molecule has 0 atom stereocenters. The van der Waals surface area contributed by atoms with Crippen LogP contribution in [0.15, 0.2) is 66.4 Å². The van der Waals surface area contributed by atoms with Crippen molar-refractivity contribution in [1.82, 2.24) is 24.9 Å². The summed E-state index contributed by atoms with van der Waals surface area (Å²) in [6.07, 6.45) is -1.64. The Morgan fingerprint density at radius 2 is 1.97 bits per heavy atom. The van der Waals surface area contributed by atoms with Crippen molar-refractivity contribution in [2.45, 2.75) is 6.18 Å². The van der Waals surface area contributed by atoms with Gasteiger partial charge in [-0.3, -0.25) is 5.41 Å². The van der Waals surface area contributed by atoms with E-state index in [0.717, 1.165) is 12.2 Å². The largest absolute Gasteiger partial charge is 0.504 e. The van der Waals surface area contributed by atoms with E-state index in [4.69, 9.17) is 34.3 Å². The molecule has 0 aliphatic heterocycles. The first kappa shape index (κ1) is 25.8. The summed E-state index contributed by atoms with van der Waals surface area (Å²) in [4.78, 5) is 8.74. The number of fused-ring (bicyclic) bond motifs is 1. The molecule has 3 rings (SSSR count). The van der Waals surface area contributed by atoms with Crippen molar-refractivity contribution in [1.29, 1.82) is 5.41 Å². The van der Waals surface area contributed by atoms with E-state index in [1.54, 1.807) is 24.3 Å². The number of nitrogens with one attached hydrogen (secondary N) is 3. The van der Waals surface area contributed by atoms with Gasteiger partial charge in [0.05, 0.1) is 16.3 Å². The van der Waals surface area contributed by atoms with Crippen molar-refractivity contribution < 1.29 is 18.3 Å². The predicted molar refractivity (Wildman–Crippen MR) is 129 cm³/mol. The molecule has 0 saturated carbocycles. The lowest BCUT2D eigenvalue weighted by Crippen LogP contribution is -2.23. The number of anilines is 1. The van der Waals surface area contributed by atoms with E-state index >= 15 is 0 Å². The maximum atomic E-state index is 12.7. The molecular formula is C21H19Cl2F3N8O. The van der Waals surface area contributed by atoms with Gasteiger partial charge in [-0.25, -0.2) is 9.97 Å². The van der Waals surface area contributed by atoms with Crippen LogP contribution in [0.3, 0.4) is 0 Å². The molecular weight excluding hydrogens is 508 g/mol. The zero-order valence-corrected chi connectivity index (χ0v) is 19.4. The van der Waals surface area contributed by atoms with Gasteiger partial charge in [0, 0.05) is 35.4 Å². The number of aliphatic hydroxyl groups is 1. The summed E-state index contributed by atoms with van der Waals surface area (Å²) in [6, 6.07) is 6.75. The van der Waals surface area contributed by atoms with Crippen molar-refractivity contribution >= 4 is 40.6 Å². The second-order valence-corrected chi connectivity index (χ2v) is 7.85. The Morgan fingerprint density at radius 1 is 1.23 bits per heavy atom. The predicted octanol–water partition coefficient (Wildman–Crippen LogP) is 4.48. The number of amidine groups is 1. The van der Waals surface area contributed by atoms with Crippen LogP contribution >= 0.6 is 23.2 Å². The number of halogens is 5. The van der Waals surface area contributed by atoms with Crippen LogP contribution in [-0.2, 0) is 0 Å². The van der Waals surface area contributed by atoms with Crippen molar-refractivity contribution in [3.05, 3.63) is 76.4 Å². The average Bonchev–Trinajstić information content (AvgIpc) is 3.24. The highest BCUT2D eigenvalue weighted by Crippen LogP contribution is 2.30. The van der Waals surface area contributed by atoms with E-state index in [9.17, 15) is 18.3 Å². The number of nitrogens with two attached hydrogens (primary N) is 1. The molecule has 6 N–H and O–H groups in total. The van der Waals surface area contributed by atoms with E-state index in [1.807, 2.05) is 0 Å². The monoisotopic (exact) mass is 526 g/mol. The SMILES string of the molecule is C=C(/C=C\C(C(=N)N)=C(O)C(F)(F)F)NCCNc1nc(-c2ccc(Cl)cc2Cl)cc2ncnn12. The van der Waals surface area contributed by atoms with E-state index < -0.39 is 23.3 Å². The topological polar surface area (TPSA) is 137 Å². The zero-order chi connectivity index (χ0) is 25.8. The van der Waals surface area contributed by atoms with Gasteiger partial charge in [0.2, 0.25) is 11.7 Å². The Balaban J connectivity index is 1.67. The second kappa shape index (κ2) is 10.7. The summed E-state index contributed by atoms with van der Waals surface area (Å²) in [5.74, 6) is -2.52. The van der Waals surface area contributed by atoms with Crippen molar-refractivity contribution in [3.63, 3.8) is 0 Å². The minimum atomic E-state index is -5.03. The number of nitrogens with zero attached hydrogens (tertiary/aromatic N) is 4. The fourth-order valence-electron chi connectivity index (χ4n) is 2.87. The van der Waals surface area contributed by atoms with Gasteiger partial charge >= 0.3 is 6.18 Å². The van der Waals surface area contributed by atoms with E-state index in [1.165, 1.54) is 10.8 Å². The first-order valence-electron chi connectivity index (χ1n) is 9.83. The molecule has 0 aliphatic carbocycles. The fourth-order valence-corrected chi connectivity index (χ4v) is 3.37. The van der Waals surface area contributed by atoms with Gasteiger partial charge in [-0.2, -0.15) is 22.8 Å². The number of alkyl halides is 3. The Labute approximate surface area is 207 Å². The third kappa shape index (κ3) is 6.43. The molecule has 0 amide bonds. The minimum absolute atomic E-state index is 0.223. The van der Waals surface area contributed by atoms with Crippen molar-refractivity contribution in [2.75, 3.05) is 18.4 Å². The molecule has 0 spiro atoms. The van der Waals surface area contributed by atoms with Crippen LogP contribution in [0, 0.1) is 5.41 Å². The number of rotatable bonds is 9. The third-order valence-corrected chi connectivity index (χ3v) is 5.05. The fraction of sp³-hybridized carbons (Fsp3) is 0.143. The second-order valence-electron chi connectivity index (χ2n) is 7.01. The average molecular weight is 527 g/mol. The summed E-state index contributed by atoms with van der Waals surface area (Å²) in [5.41, 5.74) is 6.21. The van der Waals surface area contributed by atoms with Crippen molar-refractivity contribution in [2.24, 2.45) is 5.73 Å². The highest BCUT2D eigenvalue weighted by Gasteiger charge is 2.36. The molecule has 0 radical (unpaired) electrons. The van der Waals surface area contributed by atoms with Crippen LogP contribution in [0.2, 0.25) is 10.0 Å². The van der Waals surface area contributed by atoms with Crippen LogP contribution in [0.4, 0.5) is 19.1 Å². The molecule has 1 aromatic carbocycles. The number of aromatic nitrogens is 4. The van der Waals surface area contributed by atoms with Crippen LogP contribution in [-0.4, -0.2) is 49.8 Å². The van der Waals surface area contributed by atoms with Crippen LogP contribution in [0.25, 0.3) is 16.9 Å². The highest BCUT2D eigenvalue weighted by atomic mass is 35.5. The number of hydrogen-bond acceptors (Lipinski definition) is 7. The van der Waals surface area contributed by atoms with E-state index in [-0.39, 0.29) is 12.2 Å². The molecule has 2 aromatic heterocycles. The first-order chi connectivity index (χ1) is 16.5. The number of allylic oxidation sites excluding steroid dienone is 2. The Kier molecular flexibility index (Phi) is 7.87. The standard InChI is InChI=1S/C21H19Cl2F3N8O/c1-11(2-4-14(19(27)28)18(35)21(24,25)26)29-6-7-30-20-33-16(9-17-31-10-32-34(17)20)13-5-3-12(22)8-15(13)23/h2-5,8-10,29,35H,1,6-7H2,(H3,27,28)(H,30,33)/b4-2-,18-14?. The number of aliphatic hydroxyl groups excluding tert-OH is 1. The zero-order valence-electron chi connectivity index (χ0n) is 17.9. The molecule has 0 saturated heterocycles. The molecule has 0 unspecified atom stereocenters. The third-order valence-electron chi connectivity index (χ3n) is 4.50. The van der Waals surface area contributed by atoms with Gasteiger partial charge in [0.1, 0.15) is 12.2 Å². The van der Waals surface area contributed by atoms with Gasteiger partial charge in [0.15, 0.2) is 5.65 Å². The normalized spacial score (nSPS) is 12.6. The lowest BCUT2D eigenvalue weighted by molar-refractivity contribution is -0.121. The van der Waals surface area contributed by atoms with Gasteiger partial charge in [-0.15, -0.1) is 0 Å². The lowest BCUT2D eigenvalue weighted by Gasteiger charge is -2.12. The molecule has 3 aromatic rings. The number of benzene rings is 1. The van der Waals surface area contributed by atoms with E-state index in [2.05, 4.69) is 32.3 Å². The van der Waals surface area contributed by atoms with Crippen LogP contribution in [0.1, 0.15) is 0 Å². The first-order valence-corrected chi connectivity index (χ1v) is 10.6. The Bertz CT molecular complexity index is 1330. The van der Waals surface area contributed by atoms with Crippen molar-refractivity contribution in [3.8, 4) is 11.3 Å². The summed E-state index contributed by atoms with van der Waals surface area (Å²) < 4.78 is 39.6.